The standard InChI is InChI=1S/C34H43F3N2O3Si/c1-20(2)29-27-28(26-24(39-29)17-32(10-11-32)18-25(26)42-43(6,7)31(3,4)5)33(12-14-40-15-13-33)41-30(27)21-8-9-23(34(35,36)37)22(16-21)19-38/h8-9,12,14,16,20,24-25,30,39H,10-11,13,15,17-18H2,1-7H3/t24?,25-,30+,33?/m0/s1. The van der Waals surface area contributed by atoms with Gasteiger partial charge in [-0.05, 0) is 90.1 Å². The molecule has 0 aromatic heterocycles. The van der Waals surface area contributed by atoms with E-state index in [0.29, 0.717) is 18.6 Å². The first-order chi connectivity index (χ1) is 20.0. The van der Waals surface area contributed by atoms with E-state index >= 15 is 0 Å². The van der Waals surface area contributed by atoms with Gasteiger partial charge in [0.15, 0.2) is 8.32 Å². The Balaban J connectivity index is 1.57. The summed E-state index contributed by atoms with van der Waals surface area (Å²) >= 11 is 0. The van der Waals surface area contributed by atoms with Crippen LogP contribution in [0.4, 0.5) is 13.2 Å². The number of hydrogen-bond acceptors (Lipinski definition) is 5. The Hall–Kier alpha value is -2.54. The van der Waals surface area contributed by atoms with Gasteiger partial charge in [0.25, 0.3) is 0 Å². The number of benzene rings is 1. The zero-order valence-corrected chi connectivity index (χ0v) is 27.2. The topological polar surface area (TPSA) is 63.5 Å². The molecule has 5 aliphatic rings. The average molecular weight is 613 g/mol. The monoisotopic (exact) mass is 612 g/mol. The molecule has 232 valence electrons. The number of halogens is 3. The molecule has 43 heavy (non-hydrogen) atoms. The maximum Gasteiger partial charge on any atom is 0.417 e. The lowest BCUT2D eigenvalue weighted by atomic mass is 9.68. The van der Waals surface area contributed by atoms with Crippen molar-refractivity contribution in [2.75, 3.05) is 6.61 Å². The molecule has 9 heteroatoms. The molecule has 2 spiro atoms. The summed E-state index contributed by atoms with van der Waals surface area (Å²) in [7, 11) is -2.17. The number of rotatable bonds is 4. The van der Waals surface area contributed by atoms with E-state index in [-0.39, 0.29) is 28.5 Å². The smallest absolute Gasteiger partial charge is 0.417 e. The third kappa shape index (κ3) is 5.07. The molecule has 3 fully saturated rings. The molecule has 1 aromatic carbocycles. The maximum absolute atomic E-state index is 13.7. The maximum atomic E-state index is 13.7. The molecule has 6 rings (SSSR count). The number of nitriles is 1. The lowest BCUT2D eigenvalue weighted by molar-refractivity contribution is -0.137. The Morgan fingerprint density at radius 1 is 1.12 bits per heavy atom. The first kappa shape index (κ1) is 30.5. The molecule has 5 nitrogen and oxygen atoms in total. The van der Waals surface area contributed by atoms with Gasteiger partial charge in [0, 0.05) is 17.7 Å². The van der Waals surface area contributed by atoms with Crippen LogP contribution in [0.3, 0.4) is 0 Å². The van der Waals surface area contributed by atoms with Crippen LogP contribution in [0.5, 0.6) is 0 Å². The van der Waals surface area contributed by atoms with Gasteiger partial charge in [-0.3, -0.25) is 0 Å². The number of fused-ring (bicyclic) bond motifs is 3. The predicted octanol–water partition coefficient (Wildman–Crippen LogP) is 8.46. The second kappa shape index (κ2) is 9.98. The summed E-state index contributed by atoms with van der Waals surface area (Å²) in [6, 6.07) is 5.73. The number of hydrogen-bond donors (Lipinski definition) is 1. The van der Waals surface area contributed by atoms with E-state index in [2.05, 4.69) is 53.0 Å². The largest absolute Gasteiger partial charge is 0.501 e. The summed E-state index contributed by atoms with van der Waals surface area (Å²) in [4.78, 5) is 0. The third-order valence-electron chi connectivity index (χ3n) is 10.7. The van der Waals surface area contributed by atoms with Crippen molar-refractivity contribution in [2.45, 2.75) is 115 Å². The molecule has 4 atom stereocenters. The third-order valence-corrected chi connectivity index (χ3v) is 15.2. The van der Waals surface area contributed by atoms with Gasteiger partial charge in [0.1, 0.15) is 11.7 Å². The fourth-order valence-electron chi connectivity index (χ4n) is 7.27. The van der Waals surface area contributed by atoms with Gasteiger partial charge in [-0.15, -0.1) is 0 Å². The highest BCUT2D eigenvalue weighted by molar-refractivity contribution is 6.74. The molecule has 2 unspecified atom stereocenters. The van der Waals surface area contributed by atoms with E-state index in [0.717, 1.165) is 35.8 Å². The van der Waals surface area contributed by atoms with E-state index in [1.807, 2.05) is 6.08 Å². The minimum Gasteiger partial charge on any atom is -0.501 e. The van der Waals surface area contributed by atoms with E-state index in [1.165, 1.54) is 30.5 Å². The molecular formula is C34H43F3N2O3Si. The first-order valence-electron chi connectivity index (χ1n) is 15.5. The van der Waals surface area contributed by atoms with Gasteiger partial charge in [-0.25, -0.2) is 0 Å². The van der Waals surface area contributed by atoms with Crippen LogP contribution in [0.2, 0.25) is 18.1 Å². The Bertz CT molecular complexity index is 1460. The van der Waals surface area contributed by atoms with Gasteiger partial charge in [0.2, 0.25) is 0 Å². The van der Waals surface area contributed by atoms with Crippen molar-refractivity contribution in [1.29, 1.82) is 5.26 Å². The molecule has 2 aliphatic carbocycles. The van der Waals surface area contributed by atoms with Crippen molar-refractivity contribution in [1.82, 2.24) is 5.32 Å². The molecule has 1 saturated heterocycles. The molecule has 3 aliphatic heterocycles. The minimum absolute atomic E-state index is 0.0324. The normalized spacial score (nSPS) is 29.9. The number of nitrogens with one attached hydrogen (secondary N) is 1. The van der Waals surface area contributed by atoms with Crippen LogP contribution in [-0.4, -0.2) is 32.7 Å². The molecule has 0 bridgehead atoms. The van der Waals surface area contributed by atoms with Crippen LogP contribution in [0.1, 0.15) is 89.5 Å². The zero-order chi connectivity index (χ0) is 31.2. The van der Waals surface area contributed by atoms with Crippen LogP contribution in [0.15, 0.2) is 53.0 Å². The van der Waals surface area contributed by atoms with E-state index in [9.17, 15) is 18.4 Å². The highest BCUT2D eigenvalue weighted by atomic mass is 28.4. The molecular weight excluding hydrogens is 569 g/mol. The number of ether oxygens (including phenoxy) is 2. The fourth-order valence-corrected chi connectivity index (χ4v) is 8.55. The van der Waals surface area contributed by atoms with Gasteiger partial charge in [-0.2, -0.15) is 18.4 Å². The van der Waals surface area contributed by atoms with E-state index in [1.54, 1.807) is 12.3 Å². The number of alkyl halides is 3. The first-order valence-corrected chi connectivity index (χ1v) is 18.4. The quantitative estimate of drug-likeness (QED) is 0.346. The summed E-state index contributed by atoms with van der Waals surface area (Å²) in [6.45, 7) is 16.2. The van der Waals surface area contributed by atoms with Crippen LogP contribution < -0.4 is 5.32 Å². The Labute approximate surface area is 254 Å². The molecule has 1 N–H and O–H groups in total. The lowest BCUT2D eigenvalue weighted by Gasteiger charge is -2.49. The summed E-state index contributed by atoms with van der Waals surface area (Å²) in [5.41, 5.74) is 3.09. The van der Waals surface area contributed by atoms with Crippen molar-refractivity contribution >= 4 is 8.32 Å². The number of nitrogens with zero attached hydrogens (tertiary/aromatic N) is 1. The highest BCUT2D eigenvalue weighted by Crippen LogP contribution is 2.63. The Morgan fingerprint density at radius 3 is 2.40 bits per heavy atom. The van der Waals surface area contributed by atoms with Crippen molar-refractivity contribution in [3.05, 3.63) is 69.6 Å². The number of dihydropyridines is 1. The number of allylic oxidation sites excluding steroid dienone is 1. The summed E-state index contributed by atoms with van der Waals surface area (Å²) in [6.07, 6.45) is 3.36. The van der Waals surface area contributed by atoms with E-state index in [4.69, 9.17) is 13.9 Å². The van der Waals surface area contributed by atoms with Gasteiger partial charge in [-0.1, -0.05) is 40.7 Å². The Morgan fingerprint density at radius 2 is 1.84 bits per heavy atom. The molecule has 3 heterocycles. The zero-order valence-electron chi connectivity index (χ0n) is 26.2. The van der Waals surface area contributed by atoms with Gasteiger partial charge >= 0.3 is 6.18 Å². The van der Waals surface area contributed by atoms with E-state index < -0.39 is 37.3 Å². The van der Waals surface area contributed by atoms with Crippen LogP contribution >= 0.6 is 0 Å². The van der Waals surface area contributed by atoms with Crippen molar-refractivity contribution in [3.8, 4) is 6.07 Å². The Kier molecular flexibility index (Phi) is 7.08. The molecule has 1 aromatic rings. The van der Waals surface area contributed by atoms with Crippen LogP contribution in [-0.2, 0) is 20.1 Å². The second-order valence-corrected chi connectivity index (χ2v) is 19.8. The van der Waals surface area contributed by atoms with Crippen LogP contribution in [0, 0.1) is 22.7 Å². The fraction of sp³-hybridized carbons (Fsp3) is 0.618. The molecule has 0 amide bonds. The van der Waals surface area contributed by atoms with Gasteiger partial charge in [0.05, 0.1) is 42.2 Å². The van der Waals surface area contributed by atoms with Gasteiger partial charge < -0.3 is 19.2 Å². The van der Waals surface area contributed by atoms with Crippen molar-refractivity contribution in [2.24, 2.45) is 11.3 Å². The van der Waals surface area contributed by atoms with Crippen molar-refractivity contribution < 1.29 is 27.1 Å². The predicted molar refractivity (Wildman–Crippen MR) is 161 cm³/mol. The highest BCUT2D eigenvalue weighted by Gasteiger charge is 2.59. The molecule has 2 saturated carbocycles. The molecule has 0 radical (unpaired) electrons. The summed E-state index contributed by atoms with van der Waals surface area (Å²) in [5.74, 6) is 0.123. The van der Waals surface area contributed by atoms with Crippen molar-refractivity contribution in [3.63, 3.8) is 0 Å². The average Bonchev–Trinajstić information content (AvgIpc) is 3.58. The van der Waals surface area contributed by atoms with Crippen LogP contribution in [0.25, 0.3) is 0 Å². The summed E-state index contributed by atoms with van der Waals surface area (Å²) in [5, 5.41) is 13.7. The SMILES string of the molecule is CC(C)C1=C2C(=C3C(CC4(CC4)C[C@@H]3O[Si](C)(C)C(C)(C)C)N1)C1(C=COCC1)O[C@@H]2c1ccc(C(F)(F)F)c(C#N)c1. The summed E-state index contributed by atoms with van der Waals surface area (Å²) < 4.78 is 61.2. The minimum atomic E-state index is -4.62. The lowest BCUT2D eigenvalue weighted by Crippen LogP contribution is -2.53. The second-order valence-electron chi connectivity index (χ2n) is 15.0.